The molecule has 0 aliphatic carbocycles. The van der Waals surface area contributed by atoms with E-state index in [1.165, 1.54) is 18.7 Å². The molecule has 1 saturated heterocycles. The molecule has 6 nitrogen and oxygen atoms in total. The third kappa shape index (κ3) is 4.93. The average Bonchev–Trinajstić information content (AvgIpc) is 2.55. The van der Waals surface area contributed by atoms with E-state index >= 15 is 0 Å². The van der Waals surface area contributed by atoms with E-state index in [4.69, 9.17) is 5.73 Å². The predicted octanol–water partition coefficient (Wildman–Crippen LogP) is 2.90. The molecule has 0 saturated carbocycles. The van der Waals surface area contributed by atoms with Gasteiger partial charge < -0.3 is 16.0 Å². The van der Waals surface area contributed by atoms with Crippen LogP contribution in [0.25, 0.3) is 0 Å². The molecule has 1 fully saturated rings. The lowest BCUT2D eigenvalue weighted by Gasteiger charge is -2.37. The van der Waals surface area contributed by atoms with Crippen molar-refractivity contribution in [1.29, 1.82) is 0 Å². The number of piperidine rings is 1. The van der Waals surface area contributed by atoms with Crippen molar-refractivity contribution < 1.29 is 4.79 Å². The molecule has 0 atom stereocenters. The van der Waals surface area contributed by atoms with Crippen molar-refractivity contribution in [3.8, 4) is 0 Å². The van der Waals surface area contributed by atoms with Gasteiger partial charge in [0.15, 0.2) is 0 Å². The highest BCUT2D eigenvalue weighted by atomic mass is 32.2. The minimum Gasteiger partial charge on any atom is -0.355 e. The first kappa shape index (κ1) is 17.7. The van der Waals surface area contributed by atoms with Crippen molar-refractivity contribution >= 4 is 29.2 Å². The van der Waals surface area contributed by atoms with Crippen LogP contribution in [0.15, 0.2) is 46.6 Å². The Morgan fingerprint density at radius 2 is 2.04 bits per heavy atom. The second kappa shape index (κ2) is 7.41. The van der Waals surface area contributed by atoms with Crippen LogP contribution in [0, 0.1) is 0 Å². The van der Waals surface area contributed by atoms with Gasteiger partial charge in [0.2, 0.25) is 5.91 Å². The van der Waals surface area contributed by atoms with Gasteiger partial charge in [0.05, 0.1) is 12.4 Å². The van der Waals surface area contributed by atoms with E-state index in [0.717, 1.165) is 47.4 Å². The molecule has 3 N–H and O–H groups in total. The van der Waals surface area contributed by atoms with E-state index in [9.17, 15) is 4.79 Å². The van der Waals surface area contributed by atoms with Gasteiger partial charge in [-0.1, -0.05) is 17.8 Å². The van der Waals surface area contributed by atoms with E-state index in [1.54, 1.807) is 6.20 Å². The number of benzene rings is 1. The van der Waals surface area contributed by atoms with Crippen molar-refractivity contribution in [3.05, 3.63) is 36.7 Å². The molecule has 1 aromatic carbocycles. The Bertz CT molecular complexity index is 737. The number of nitrogens with zero attached hydrogens (tertiary/aromatic N) is 3. The van der Waals surface area contributed by atoms with E-state index in [1.807, 2.05) is 30.5 Å². The van der Waals surface area contributed by atoms with Crippen LogP contribution in [0.5, 0.6) is 0 Å². The summed E-state index contributed by atoms with van der Waals surface area (Å²) in [5.74, 6) is 0.813. The number of carbonyl (C=O) groups is 1. The summed E-state index contributed by atoms with van der Waals surface area (Å²) < 4.78 is 0. The third-order valence-electron chi connectivity index (χ3n) is 4.22. The topological polar surface area (TPSA) is 84.1 Å². The summed E-state index contributed by atoms with van der Waals surface area (Å²) in [5, 5.41) is 3.61. The van der Waals surface area contributed by atoms with Gasteiger partial charge in [-0.3, -0.25) is 4.79 Å². The maximum atomic E-state index is 11.2. The van der Waals surface area contributed by atoms with Gasteiger partial charge in [-0.2, -0.15) is 0 Å². The lowest BCUT2D eigenvalue weighted by Crippen LogP contribution is -2.48. The molecule has 0 radical (unpaired) electrons. The first-order valence-corrected chi connectivity index (χ1v) is 9.14. The first-order valence-electron chi connectivity index (χ1n) is 8.33. The van der Waals surface area contributed by atoms with Crippen molar-refractivity contribution in [1.82, 2.24) is 9.97 Å². The Hall–Kier alpha value is -2.12. The minimum atomic E-state index is -0.0820. The number of rotatable bonds is 4. The first-order chi connectivity index (χ1) is 11.9. The van der Waals surface area contributed by atoms with E-state index in [0.29, 0.717) is 0 Å². The fourth-order valence-corrected chi connectivity index (χ4v) is 3.52. The van der Waals surface area contributed by atoms with Crippen molar-refractivity contribution in [2.75, 3.05) is 23.3 Å². The highest BCUT2D eigenvalue weighted by Crippen LogP contribution is 2.29. The zero-order chi connectivity index (χ0) is 17.9. The van der Waals surface area contributed by atoms with Gasteiger partial charge in [0.1, 0.15) is 10.8 Å². The Balaban J connectivity index is 1.64. The number of hydrogen-bond donors (Lipinski definition) is 2. The summed E-state index contributed by atoms with van der Waals surface area (Å²) in [7, 11) is 0. The summed E-state index contributed by atoms with van der Waals surface area (Å²) in [6, 6.07) is 7.68. The van der Waals surface area contributed by atoms with Crippen LogP contribution < -0.4 is 16.0 Å². The number of anilines is 2. The molecule has 2 aromatic rings. The van der Waals surface area contributed by atoms with Gasteiger partial charge in [-0.05, 0) is 38.0 Å². The average molecular weight is 357 g/mol. The van der Waals surface area contributed by atoms with E-state index in [-0.39, 0.29) is 11.4 Å². The monoisotopic (exact) mass is 357 g/mol. The molecule has 0 spiro atoms. The van der Waals surface area contributed by atoms with Crippen LogP contribution in [-0.4, -0.2) is 34.5 Å². The normalized spacial score (nSPS) is 16.5. The highest BCUT2D eigenvalue weighted by molar-refractivity contribution is 7.99. The number of amides is 1. The molecule has 3 rings (SSSR count). The fraction of sp³-hybridized carbons (Fsp3) is 0.389. The number of hydrogen-bond acceptors (Lipinski definition) is 6. The van der Waals surface area contributed by atoms with E-state index in [2.05, 4.69) is 27.1 Å². The number of nitrogens with one attached hydrogen (secondary N) is 1. The molecule has 1 amide bonds. The van der Waals surface area contributed by atoms with Crippen molar-refractivity contribution in [3.63, 3.8) is 0 Å². The SMILES string of the molecule is CC(=O)Nc1cccc(Sc2cnc(N3CCC(C)(N)CC3)cn2)c1. The highest BCUT2D eigenvalue weighted by Gasteiger charge is 2.26. The predicted molar refractivity (Wildman–Crippen MR) is 101 cm³/mol. The standard InChI is InChI=1S/C18H23N5OS/c1-13(24)22-14-4-3-5-15(10-14)25-17-12-20-16(11-21-17)23-8-6-18(2,19)7-9-23/h3-5,10-12H,6-9,19H2,1-2H3,(H,22,24). The van der Waals surface area contributed by atoms with E-state index < -0.39 is 0 Å². The summed E-state index contributed by atoms with van der Waals surface area (Å²) >= 11 is 1.52. The van der Waals surface area contributed by atoms with Crippen LogP contribution in [0.3, 0.4) is 0 Å². The van der Waals surface area contributed by atoms with Crippen LogP contribution in [0.1, 0.15) is 26.7 Å². The number of carbonyl (C=O) groups excluding carboxylic acids is 1. The van der Waals surface area contributed by atoms with Crippen molar-refractivity contribution in [2.45, 2.75) is 42.1 Å². The van der Waals surface area contributed by atoms with Crippen LogP contribution in [0.4, 0.5) is 11.5 Å². The summed E-state index contributed by atoms with van der Waals surface area (Å²) in [6.45, 7) is 5.42. The Kier molecular flexibility index (Phi) is 5.24. The van der Waals surface area contributed by atoms with Crippen molar-refractivity contribution in [2.24, 2.45) is 5.73 Å². The largest absolute Gasteiger partial charge is 0.355 e. The second-order valence-electron chi connectivity index (χ2n) is 6.66. The summed E-state index contributed by atoms with van der Waals surface area (Å²) in [5.41, 5.74) is 6.89. The number of aromatic nitrogens is 2. The lowest BCUT2D eigenvalue weighted by atomic mass is 9.91. The van der Waals surface area contributed by atoms with Crippen LogP contribution in [-0.2, 0) is 4.79 Å². The molecule has 132 valence electrons. The Morgan fingerprint density at radius 3 is 2.68 bits per heavy atom. The molecule has 25 heavy (non-hydrogen) atoms. The van der Waals surface area contributed by atoms with Crippen LogP contribution >= 0.6 is 11.8 Å². The number of nitrogens with two attached hydrogens (primary N) is 1. The van der Waals surface area contributed by atoms with Gasteiger partial charge in [-0.25, -0.2) is 9.97 Å². The van der Waals surface area contributed by atoms with Gasteiger partial charge in [0, 0.05) is 36.1 Å². The Labute approximate surface area is 152 Å². The maximum absolute atomic E-state index is 11.2. The minimum absolute atomic E-state index is 0.0708. The zero-order valence-corrected chi connectivity index (χ0v) is 15.3. The van der Waals surface area contributed by atoms with Gasteiger partial charge >= 0.3 is 0 Å². The molecule has 7 heteroatoms. The molecule has 0 unspecified atom stereocenters. The van der Waals surface area contributed by atoms with Gasteiger partial charge in [-0.15, -0.1) is 0 Å². The molecule has 1 aliphatic rings. The lowest BCUT2D eigenvalue weighted by molar-refractivity contribution is -0.114. The molecule has 1 aromatic heterocycles. The van der Waals surface area contributed by atoms with Gasteiger partial charge in [0.25, 0.3) is 0 Å². The maximum Gasteiger partial charge on any atom is 0.221 e. The Morgan fingerprint density at radius 1 is 1.28 bits per heavy atom. The molecule has 1 aliphatic heterocycles. The third-order valence-corrected chi connectivity index (χ3v) is 5.13. The quantitative estimate of drug-likeness (QED) is 0.875. The smallest absolute Gasteiger partial charge is 0.221 e. The fourth-order valence-electron chi connectivity index (χ4n) is 2.73. The zero-order valence-electron chi connectivity index (χ0n) is 14.5. The summed E-state index contributed by atoms with van der Waals surface area (Å²) in [4.78, 5) is 23.5. The molecular formula is C18H23N5OS. The summed E-state index contributed by atoms with van der Waals surface area (Å²) in [6.07, 6.45) is 5.53. The molecule has 0 bridgehead atoms. The second-order valence-corrected chi connectivity index (χ2v) is 7.76. The molecule has 2 heterocycles. The van der Waals surface area contributed by atoms with Crippen LogP contribution in [0.2, 0.25) is 0 Å². The molecular weight excluding hydrogens is 334 g/mol.